The summed E-state index contributed by atoms with van der Waals surface area (Å²) in [5.74, 6) is 0. The molecule has 1 saturated carbocycles. The number of rotatable bonds is 2. The van der Waals surface area contributed by atoms with Crippen LogP contribution in [0.4, 0.5) is 0 Å². The molecule has 2 rings (SSSR count). The SMILES string of the molecule is C=Cc1ccn(C2CCC2)c1. The van der Waals surface area contributed by atoms with Crippen LogP contribution in [0.3, 0.4) is 0 Å². The largest absolute Gasteiger partial charge is 0.351 e. The van der Waals surface area contributed by atoms with Gasteiger partial charge in [-0.05, 0) is 30.9 Å². The molecule has 1 fully saturated rings. The van der Waals surface area contributed by atoms with E-state index in [1.807, 2.05) is 6.08 Å². The Hall–Kier alpha value is -0.980. The Labute approximate surface area is 67.3 Å². The van der Waals surface area contributed by atoms with Gasteiger partial charge in [0.1, 0.15) is 0 Å². The average molecular weight is 147 g/mol. The summed E-state index contributed by atoms with van der Waals surface area (Å²) in [6.45, 7) is 3.73. The molecule has 0 aromatic carbocycles. The third-order valence-electron chi connectivity index (χ3n) is 2.47. The zero-order valence-electron chi connectivity index (χ0n) is 6.66. The van der Waals surface area contributed by atoms with E-state index in [0.717, 1.165) is 6.04 Å². The fourth-order valence-corrected chi connectivity index (χ4v) is 1.46. The third kappa shape index (κ3) is 1.11. The highest BCUT2D eigenvalue weighted by atomic mass is 15.0. The fraction of sp³-hybridized carbons (Fsp3) is 0.400. The van der Waals surface area contributed by atoms with Crippen molar-refractivity contribution in [1.82, 2.24) is 4.57 Å². The normalized spacial score (nSPS) is 17.8. The van der Waals surface area contributed by atoms with Gasteiger partial charge in [0.05, 0.1) is 0 Å². The topological polar surface area (TPSA) is 4.93 Å². The van der Waals surface area contributed by atoms with E-state index in [1.165, 1.54) is 24.8 Å². The number of aromatic nitrogens is 1. The van der Waals surface area contributed by atoms with Crippen LogP contribution < -0.4 is 0 Å². The van der Waals surface area contributed by atoms with Crippen LogP contribution in [-0.4, -0.2) is 4.57 Å². The van der Waals surface area contributed by atoms with Gasteiger partial charge >= 0.3 is 0 Å². The van der Waals surface area contributed by atoms with Crippen LogP contribution in [0.25, 0.3) is 6.08 Å². The summed E-state index contributed by atoms with van der Waals surface area (Å²) < 4.78 is 2.31. The predicted molar refractivity (Wildman–Crippen MR) is 47.4 cm³/mol. The summed E-state index contributed by atoms with van der Waals surface area (Å²) in [6, 6.07) is 2.90. The fourth-order valence-electron chi connectivity index (χ4n) is 1.46. The number of hydrogen-bond donors (Lipinski definition) is 0. The minimum absolute atomic E-state index is 0.781. The average Bonchev–Trinajstić information content (AvgIpc) is 2.32. The summed E-state index contributed by atoms with van der Waals surface area (Å²) in [7, 11) is 0. The van der Waals surface area contributed by atoms with Gasteiger partial charge in [-0.2, -0.15) is 0 Å². The first-order valence-electron chi connectivity index (χ1n) is 4.20. The van der Waals surface area contributed by atoms with E-state index in [9.17, 15) is 0 Å². The molecule has 1 heteroatoms. The van der Waals surface area contributed by atoms with Crippen LogP contribution in [0.1, 0.15) is 30.9 Å². The van der Waals surface area contributed by atoms with E-state index in [2.05, 4.69) is 29.6 Å². The Balaban J connectivity index is 2.17. The van der Waals surface area contributed by atoms with Crippen LogP contribution in [0.15, 0.2) is 25.0 Å². The number of nitrogens with zero attached hydrogens (tertiary/aromatic N) is 1. The second kappa shape index (κ2) is 2.57. The molecule has 0 saturated heterocycles. The highest BCUT2D eigenvalue weighted by Gasteiger charge is 2.17. The zero-order chi connectivity index (χ0) is 7.68. The van der Waals surface area contributed by atoms with Crippen molar-refractivity contribution in [2.24, 2.45) is 0 Å². The van der Waals surface area contributed by atoms with Crippen LogP contribution in [-0.2, 0) is 0 Å². The molecule has 0 spiro atoms. The van der Waals surface area contributed by atoms with Gasteiger partial charge in [-0.1, -0.05) is 12.7 Å². The molecule has 58 valence electrons. The Morgan fingerprint density at radius 3 is 2.82 bits per heavy atom. The first-order valence-corrected chi connectivity index (χ1v) is 4.20. The summed E-state index contributed by atoms with van der Waals surface area (Å²) in [5.41, 5.74) is 1.23. The van der Waals surface area contributed by atoms with Gasteiger partial charge in [0.2, 0.25) is 0 Å². The molecule has 1 aromatic rings. The molecule has 0 N–H and O–H groups in total. The molecule has 1 aliphatic rings. The molecule has 0 amide bonds. The highest BCUT2D eigenvalue weighted by molar-refractivity contribution is 5.45. The van der Waals surface area contributed by atoms with Crippen molar-refractivity contribution >= 4 is 6.08 Å². The lowest BCUT2D eigenvalue weighted by Crippen LogP contribution is -2.14. The molecular formula is C10H13N. The van der Waals surface area contributed by atoms with Crippen molar-refractivity contribution in [1.29, 1.82) is 0 Å². The summed E-state index contributed by atoms with van der Waals surface area (Å²) in [4.78, 5) is 0. The van der Waals surface area contributed by atoms with Gasteiger partial charge in [-0.3, -0.25) is 0 Å². The molecule has 0 atom stereocenters. The van der Waals surface area contributed by atoms with Crippen molar-refractivity contribution in [2.45, 2.75) is 25.3 Å². The first-order chi connectivity index (χ1) is 5.40. The lowest BCUT2D eigenvalue weighted by Gasteiger charge is -2.26. The second-order valence-electron chi connectivity index (χ2n) is 3.18. The van der Waals surface area contributed by atoms with Gasteiger partial charge < -0.3 is 4.57 Å². The van der Waals surface area contributed by atoms with Gasteiger partial charge in [-0.15, -0.1) is 0 Å². The van der Waals surface area contributed by atoms with Gasteiger partial charge in [0.25, 0.3) is 0 Å². The van der Waals surface area contributed by atoms with Crippen LogP contribution in [0.2, 0.25) is 0 Å². The molecule has 1 aliphatic carbocycles. The molecule has 1 nitrogen and oxygen atoms in total. The van der Waals surface area contributed by atoms with Crippen molar-refractivity contribution in [2.75, 3.05) is 0 Å². The quantitative estimate of drug-likeness (QED) is 0.606. The van der Waals surface area contributed by atoms with Crippen molar-refractivity contribution in [3.63, 3.8) is 0 Å². The minimum atomic E-state index is 0.781. The summed E-state index contributed by atoms with van der Waals surface area (Å²) in [6.07, 6.45) is 10.3. The molecule has 0 radical (unpaired) electrons. The summed E-state index contributed by atoms with van der Waals surface area (Å²) >= 11 is 0. The Morgan fingerprint density at radius 2 is 2.36 bits per heavy atom. The van der Waals surface area contributed by atoms with Crippen molar-refractivity contribution in [3.05, 3.63) is 30.6 Å². The lowest BCUT2D eigenvalue weighted by molar-refractivity contribution is 0.314. The van der Waals surface area contributed by atoms with Crippen LogP contribution in [0.5, 0.6) is 0 Å². The molecule has 11 heavy (non-hydrogen) atoms. The van der Waals surface area contributed by atoms with Crippen molar-refractivity contribution < 1.29 is 0 Å². The summed E-state index contributed by atoms with van der Waals surface area (Å²) in [5, 5.41) is 0. The molecule has 1 heterocycles. The maximum absolute atomic E-state index is 3.73. The Kier molecular flexibility index (Phi) is 1.57. The molecule has 0 aliphatic heterocycles. The highest BCUT2D eigenvalue weighted by Crippen LogP contribution is 2.31. The van der Waals surface area contributed by atoms with E-state index in [1.54, 1.807) is 0 Å². The maximum Gasteiger partial charge on any atom is 0.0330 e. The molecule has 0 unspecified atom stereocenters. The standard InChI is InChI=1S/C10H13N/c1-2-9-6-7-11(8-9)10-4-3-5-10/h2,6-8,10H,1,3-5H2. The maximum atomic E-state index is 3.73. The van der Waals surface area contributed by atoms with E-state index >= 15 is 0 Å². The molecule has 1 aromatic heterocycles. The first kappa shape index (κ1) is 6.71. The van der Waals surface area contributed by atoms with Crippen LogP contribution in [0, 0.1) is 0 Å². The van der Waals surface area contributed by atoms with Gasteiger partial charge in [0.15, 0.2) is 0 Å². The Bertz CT molecular complexity index is 256. The third-order valence-corrected chi connectivity index (χ3v) is 2.47. The monoisotopic (exact) mass is 147 g/mol. The molecular weight excluding hydrogens is 134 g/mol. The van der Waals surface area contributed by atoms with Crippen LogP contribution >= 0.6 is 0 Å². The predicted octanol–water partition coefficient (Wildman–Crippen LogP) is 2.86. The van der Waals surface area contributed by atoms with Gasteiger partial charge in [-0.25, -0.2) is 0 Å². The smallest absolute Gasteiger partial charge is 0.0330 e. The van der Waals surface area contributed by atoms with E-state index < -0.39 is 0 Å². The van der Waals surface area contributed by atoms with E-state index in [-0.39, 0.29) is 0 Å². The number of hydrogen-bond acceptors (Lipinski definition) is 0. The second-order valence-corrected chi connectivity index (χ2v) is 3.18. The molecule has 0 bridgehead atoms. The van der Waals surface area contributed by atoms with E-state index in [0.29, 0.717) is 0 Å². The minimum Gasteiger partial charge on any atom is -0.351 e. The zero-order valence-corrected chi connectivity index (χ0v) is 6.66. The van der Waals surface area contributed by atoms with Crippen molar-refractivity contribution in [3.8, 4) is 0 Å². The Morgan fingerprint density at radius 1 is 1.55 bits per heavy atom. The van der Waals surface area contributed by atoms with E-state index in [4.69, 9.17) is 0 Å². The lowest BCUT2D eigenvalue weighted by atomic mass is 9.93. The van der Waals surface area contributed by atoms with Gasteiger partial charge in [0, 0.05) is 18.4 Å².